The number of ether oxygens (including phenoxy) is 5. The van der Waals surface area contributed by atoms with Gasteiger partial charge in [-0.3, -0.25) is 14.3 Å². The molecule has 3 heterocycles. The first-order valence-corrected chi connectivity index (χ1v) is 13.8. The van der Waals surface area contributed by atoms with Gasteiger partial charge >= 0.3 is 0 Å². The average Bonchev–Trinajstić information content (AvgIpc) is 3.39. The number of anilines is 1. The van der Waals surface area contributed by atoms with E-state index in [0.717, 1.165) is 0 Å². The predicted octanol–water partition coefficient (Wildman–Crippen LogP) is 2.98. The summed E-state index contributed by atoms with van der Waals surface area (Å²) in [6, 6.07) is 10.2. The summed E-state index contributed by atoms with van der Waals surface area (Å²) >= 11 is 0. The van der Waals surface area contributed by atoms with Crippen LogP contribution in [0.1, 0.15) is 24.4 Å². The third-order valence-electron chi connectivity index (χ3n) is 6.20. The second kappa shape index (κ2) is 12.3. The van der Waals surface area contributed by atoms with Crippen LogP contribution >= 0.6 is 0 Å². The van der Waals surface area contributed by atoms with Crippen LogP contribution in [-0.2, 0) is 14.8 Å². The standard InChI is InChI=1S/C26H31N7O7S/c1-15-14-27-21(25(28-15)40-7)23(39-6)16(2)41(34,35)32-26-31-30-24(17-10-8-13-20(29-17)38-5)33(26)22-18(36-3)11-9-12-19(22)37-4/h8-14,16,23H,1-7H3,(H,31,32)/t16-,23-/m1/s1. The molecule has 41 heavy (non-hydrogen) atoms. The number of nitrogens with zero attached hydrogens (tertiary/aromatic N) is 6. The fraction of sp³-hybridized carbons (Fsp3) is 0.346. The molecule has 3 aromatic heterocycles. The normalized spacial score (nSPS) is 12.9. The number of sulfonamides is 1. The molecule has 0 saturated heterocycles. The van der Waals surface area contributed by atoms with Gasteiger partial charge in [0.2, 0.25) is 27.7 Å². The Morgan fingerprint density at radius 1 is 0.878 bits per heavy atom. The molecule has 0 spiro atoms. The average molecular weight is 586 g/mol. The van der Waals surface area contributed by atoms with Crippen LogP contribution in [0.2, 0.25) is 0 Å². The summed E-state index contributed by atoms with van der Waals surface area (Å²) in [7, 11) is 3.05. The number of methoxy groups -OCH3 is 5. The van der Waals surface area contributed by atoms with Gasteiger partial charge in [0.05, 0.1) is 34.1 Å². The van der Waals surface area contributed by atoms with E-state index in [0.29, 0.717) is 34.5 Å². The van der Waals surface area contributed by atoms with Crippen molar-refractivity contribution in [3.05, 3.63) is 54.0 Å². The van der Waals surface area contributed by atoms with Gasteiger partial charge in [-0.25, -0.2) is 18.4 Å². The molecule has 4 rings (SSSR count). The van der Waals surface area contributed by atoms with Crippen LogP contribution in [0.25, 0.3) is 17.2 Å². The molecule has 14 nitrogen and oxygen atoms in total. The van der Waals surface area contributed by atoms with Crippen LogP contribution in [0.5, 0.6) is 23.3 Å². The molecule has 0 radical (unpaired) electrons. The molecule has 0 aliphatic heterocycles. The summed E-state index contributed by atoms with van der Waals surface area (Å²) in [6.07, 6.45) is 0.474. The van der Waals surface area contributed by atoms with Gasteiger partial charge in [-0.15, -0.1) is 10.2 Å². The maximum absolute atomic E-state index is 13.8. The van der Waals surface area contributed by atoms with E-state index in [9.17, 15) is 8.42 Å². The molecule has 0 bridgehead atoms. The highest BCUT2D eigenvalue weighted by Gasteiger charge is 2.36. The van der Waals surface area contributed by atoms with Crippen molar-refractivity contribution in [2.75, 3.05) is 40.3 Å². The molecule has 0 amide bonds. The van der Waals surface area contributed by atoms with E-state index in [1.807, 2.05) is 0 Å². The highest BCUT2D eigenvalue weighted by atomic mass is 32.2. The first-order valence-electron chi connectivity index (χ1n) is 12.3. The van der Waals surface area contributed by atoms with Gasteiger partial charge in [0.1, 0.15) is 39.9 Å². The zero-order valence-electron chi connectivity index (χ0n) is 23.6. The Labute approximate surface area is 237 Å². The quantitative estimate of drug-likeness (QED) is 0.259. The number of pyridine rings is 1. The SMILES string of the molecule is COc1cccc(-c2nnc(NS(=O)(=O)[C@H](C)[C@@H](OC)c3ncc(C)nc3OC)n2-c2c(OC)cccc2OC)n1. The zero-order chi connectivity index (χ0) is 29.7. The molecule has 4 aromatic rings. The lowest BCUT2D eigenvalue weighted by atomic mass is 10.2. The minimum Gasteiger partial charge on any atom is -0.494 e. The Morgan fingerprint density at radius 2 is 1.56 bits per heavy atom. The van der Waals surface area contributed by atoms with Crippen LogP contribution in [0.3, 0.4) is 0 Å². The summed E-state index contributed by atoms with van der Waals surface area (Å²) in [5, 5.41) is 7.28. The highest BCUT2D eigenvalue weighted by molar-refractivity contribution is 7.93. The Hall–Kier alpha value is -4.50. The van der Waals surface area contributed by atoms with Crippen LogP contribution in [0.15, 0.2) is 42.6 Å². The Morgan fingerprint density at radius 3 is 2.17 bits per heavy atom. The Balaban J connectivity index is 1.86. The van der Waals surface area contributed by atoms with E-state index in [1.54, 1.807) is 43.3 Å². The van der Waals surface area contributed by atoms with Gasteiger partial charge < -0.3 is 23.7 Å². The van der Waals surface area contributed by atoms with Crippen molar-refractivity contribution in [3.8, 4) is 40.5 Å². The van der Waals surface area contributed by atoms with E-state index in [4.69, 9.17) is 23.7 Å². The van der Waals surface area contributed by atoms with Crippen LogP contribution < -0.4 is 23.7 Å². The minimum absolute atomic E-state index is 0.143. The molecule has 0 unspecified atom stereocenters. The number of nitrogens with one attached hydrogen (secondary N) is 1. The summed E-state index contributed by atoms with van der Waals surface area (Å²) in [6.45, 7) is 3.23. The van der Waals surface area contributed by atoms with Gasteiger partial charge in [0, 0.05) is 19.4 Å². The largest absolute Gasteiger partial charge is 0.494 e. The van der Waals surface area contributed by atoms with E-state index in [1.165, 1.54) is 53.2 Å². The van der Waals surface area contributed by atoms with E-state index < -0.39 is 21.4 Å². The van der Waals surface area contributed by atoms with Crippen molar-refractivity contribution in [1.82, 2.24) is 29.7 Å². The fourth-order valence-corrected chi connectivity index (χ4v) is 5.29. The van der Waals surface area contributed by atoms with Crippen molar-refractivity contribution < 1.29 is 32.1 Å². The van der Waals surface area contributed by atoms with Gasteiger partial charge in [0.25, 0.3) is 0 Å². The summed E-state index contributed by atoms with van der Waals surface area (Å²) < 4.78 is 59.1. The first-order chi connectivity index (χ1) is 19.7. The third-order valence-corrected chi connectivity index (χ3v) is 7.90. The van der Waals surface area contributed by atoms with Crippen LogP contribution in [-0.4, -0.2) is 78.9 Å². The Bertz CT molecular complexity index is 1610. The third kappa shape index (κ3) is 5.85. The highest BCUT2D eigenvalue weighted by Crippen LogP contribution is 2.38. The second-order valence-corrected chi connectivity index (χ2v) is 10.7. The lowest BCUT2D eigenvalue weighted by Crippen LogP contribution is -2.33. The molecule has 218 valence electrons. The Kier molecular flexibility index (Phi) is 8.88. The molecule has 1 N–H and O–H groups in total. The van der Waals surface area contributed by atoms with Gasteiger partial charge in [-0.1, -0.05) is 12.1 Å². The first kappa shape index (κ1) is 29.5. The lowest BCUT2D eigenvalue weighted by molar-refractivity contribution is 0.0955. The van der Waals surface area contributed by atoms with Gasteiger partial charge in [-0.2, -0.15) is 0 Å². The lowest BCUT2D eigenvalue weighted by Gasteiger charge is -2.24. The monoisotopic (exact) mass is 585 g/mol. The molecular formula is C26H31N7O7S. The number of rotatable bonds is 12. The van der Waals surface area contributed by atoms with Gasteiger partial charge in [0.15, 0.2) is 5.82 Å². The molecule has 0 aliphatic carbocycles. The molecule has 0 fully saturated rings. The smallest absolute Gasteiger partial charge is 0.243 e. The number of para-hydroxylation sites is 1. The van der Waals surface area contributed by atoms with Crippen LogP contribution in [0.4, 0.5) is 5.95 Å². The number of aromatic nitrogens is 6. The molecular weight excluding hydrogens is 554 g/mol. The number of hydrogen-bond donors (Lipinski definition) is 1. The van der Waals surface area contributed by atoms with Gasteiger partial charge in [-0.05, 0) is 32.0 Å². The van der Waals surface area contributed by atoms with Crippen molar-refractivity contribution in [1.29, 1.82) is 0 Å². The second-order valence-electron chi connectivity index (χ2n) is 8.67. The predicted molar refractivity (Wildman–Crippen MR) is 149 cm³/mol. The molecule has 0 aliphatic rings. The van der Waals surface area contributed by atoms with E-state index in [2.05, 4.69) is 29.9 Å². The fourth-order valence-electron chi connectivity index (χ4n) is 4.15. The van der Waals surface area contributed by atoms with Crippen molar-refractivity contribution in [2.45, 2.75) is 25.2 Å². The molecule has 0 saturated carbocycles. The van der Waals surface area contributed by atoms with Crippen LogP contribution in [0, 0.1) is 6.92 Å². The summed E-state index contributed by atoms with van der Waals surface area (Å²) in [5.74, 6) is 1.29. The maximum Gasteiger partial charge on any atom is 0.243 e. The summed E-state index contributed by atoms with van der Waals surface area (Å²) in [4.78, 5) is 13.1. The summed E-state index contributed by atoms with van der Waals surface area (Å²) in [5.41, 5.74) is 1.54. The van der Waals surface area contributed by atoms with Crippen molar-refractivity contribution in [3.63, 3.8) is 0 Å². The van der Waals surface area contributed by atoms with Crippen molar-refractivity contribution in [2.24, 2.45) is 0 Å². The van der Waals surface area contributed by atoms with Crippen molar-refractivity contribution >= 4 is 16.0 Å². The topological polar surface area (TPSA) is 162 Å². The zero-order valence-corrected chi connectivity index (χ0v) is 24.5. The maximum atomic E-state index is 13.8. The number of aryl methyl sites for hydroxylation is 1. The van der Waals surface area contributed by atoms with E-state index in [-0.39, 0.29) is 23.3 Å². The molecule has 1 aromatic carbocycles. The molecule has 2 atom stereocenters. The van der Waals surface area contributed by atoms with E-state index >= 15 is 0 Å². The molecule has 15 heteroatoms. The number of benzene rings is 1. The minimum atomic E-state index is -4.21. The number of hydrogen-bond acceptors (Lipinski definition) is 12.